The van der Waals surface area contributed by atoms with E-state index in [2.05, 4.69) is 29.2 Å². The maximum absolute atomic E-state index is 11.9. The Hall–Kier alpha value is -3.14. The molecule has 2 aromatic carbocycles. The molecule has 4 heteroatoms. The number of amides is 1. The van der Waals surface area contributed by atoms with E-state index >= 15 is 0 Å². The molecule has 4 nitrogen and oxygen atoms in total. The van der Waals surface area contributed by atoms with Crippen LogP contribution in [0.25, 0.3) is 11.1 Å². The van der Waals surface area contributed by atoms with Crippen molar-refractivity contribution in [1.29, 1.82) is 0 Å². The molecule has 25 heavy (non-hydrogen) atoms. The van der Waals surface area contributed by atoms with Gasteiger partial charge >= 0.3 is 6.09 Å². The number of nitrogens with zero attached hydrogens (tertiary/aromatic N) is 2. The summed E-state index contributed by atoms with van der Waals surface area (Å²) >= 11 is 0. The van der Waals surface area contributed by atoms with Crippen molar-refractivity contribution in [1.82, 2.24) is 9.88 Å². The molecule has 0 saturated carbocycles. The number of carboxylic acid groups (broad SMARTS) is 1. The van der Waals surface area contributed by atoms with Crippen LogP contribution < -0.4 is 0 Å². The molecular weight excluding hydrogens is 312 g/mol. The van der Waals surface area contributed by atoms with Gasteiger partial charge in [0.2, 0.25) is 0 Å². The molecule has 0 bridgehead atoms. The lowest BCUT2D eigenvalue weighted by molar-refractivity contribution is 0.137. The van der Waals surface area contributed by atoms with E-state index in [1.54, 1.807) is 12.4 Å². The third-order valence-electron chi connectivity index (χ3n) is 4.69. The quantitative estimate of drug-likeness (QED) is 0.758. The normalized spacial score (nSPS) is 14.7. The molecule has 1 unspecified atom stereocenters. The molecule has 4 rings (SSSR count). The van der Waals surface area contributed by atoms with Gasteiger partial charge in [-0.3, -0.25) is 9.88 Å². The maximum atomic E-state index is 11.9. The minimum Gasteiger partial charge on any atom is -0.465 e. The summed E-state index contributed by atoms with van der Waals surface area (Å²) in [6.07, 6.45) is 2.50. The van der Waals surface area contributed by atoms with Crippen molar-refractivity contribution >= 4 is 6.09 Å². The van der Waals surface area contributed by atoms with Crippen molar-refractivity contribution < 1.29 is 9.90 Å². The van der Waals surface area contributed by atoms with Crippen molar-refractivity contribution in [2.24, 2.45) is 0 Å². The second-order valence-corrected chi connectivity index (χ2v) is 6.30. The number of rotatable bonds is 4. The van der Waals surface area contributed by atoms with Crippen LogP contribution in [-0.2, 0) is 6.54 Å². The summed E-state index contributed by atoms with van der Waals surface area (Å²) in [6, 6.07) is 17.8. The van der Waals surface area contributed by atoms with Crippen LogP contribution in [0.3, 0.4) is 0 Å². The van der Waals surface area contributed by atoms with Crippen molar-refractivity contribution in [3.8, 4) is 11.1 Å². The van der Waals surface area contributed by atoms with E-state index in [1.165, 1.54) is 4.90 Å². The van der Waals surface area contributed by atoms with Crippen LogP contribution in [0.2, 0.25) is 0 Å². The molecule has 124 valence electrons. The largest absolute Gasteiger partial charge is 0.465 e. The highest BCUT2D eigenvalue weighted by Crippen LogP contribution is 2.53. The molecule has 1 aliphatic rings. The number of pyridine rings is 1. The standard InChI is InChI=1S/C21H18N2O2/c1-14-9-10-17(16-7-3-2-4-8-16)19-18(14)20(19)23(21(24)25)13-15-6-5-11-22-12-15/h2-12,20H,13H2,1H3,(H,24,25). The summed E-state index contributed by atoms with van der Waals surface area (Å²) in [5.74, 6) is 0. The summed E-state index contributed by atoms with van der Waals surface area (Å²) in [5.41, 5.74) is 6.51. The Morgan fingerprint density at radius 1 is 1.08 bits per heavy atom. The number of hydrogen-bond acceptors (Lipinski definition) is 2. The molecule has 0 saturated heterocycles. The summed E-state index contributed by atoms with van der Waals surface area (Å²) in [4.78, 5) is 17.5. The maximum Gasteiger partial charge on any atom is 0.408 e. The number of carbonyl (C=O) groups is 1. The van der Waals surface area contributed by atoms with Gasteiger partial charge in [-0.25, -0.2) is 4.79 Å². The molecule has 1 heterocycles. The van der Waals surface area contributed by atoms with E-state index < -0.39 is 6.09 Å². The third kappa shape index (κ3) is 2.76. The average Bonchev–Trinajstić information content (AvgIpc) is 3.37. The zero-order valence-electron chi connectivity index (χ0n) is 13.9. The number of aromatic nitrogens is 1. The fraction of sp³-hybridized carbons (Fsp3) is 0.143. The van der Waals surface area contributed by atoms with Crippen molar-refractivity contribution in [3.05, 3.63) is 89.2 Å². The van der Waals surface area contributed by atoms with Gasteiger partial charge in [0.05, 0.1) is 12.6 Å². The summed E-state index contributed by atoms with van der Waals surface area (Å²) in [6.45, 7) is 2.37. The lowest BCUT2D eigenvalue weighted by Gasteiger charge is -2.19. The number of hydrogen-bond donors (Lipinski definition) is 1. The molecule has 1 amide bonds. The second-order valence-electron chi connectivity index (χ2n) is 6.30. The minimum atomic E-state index is -0.913. The van der Waals surface area contributed by atoms with E-state index in [4.69, 9.17) is 0 Å². The summed E-state index contributed by atoms with van der Waals surface area (Å²) in [7, 11) is 0. The van der Waals surface area contributed by atoms with Gasteiger partial charge in [-0.05, 0) is 46.4 Å². The Labute approximate surface area is 146 Å². The predicted molar refractivity (Wildman–Crippen MR) is 96.3 cm³/mol. The highest BCUT2D eigenvalue weighted by molar-refractivity contribution is 5.81. The molecule has 0 radical (unpaired) electrons. The van der Waals surface area contributed by atoms with Gasteiger partial charge in [0.1, 0.15) is 0 Å². The zero-order valence-corrected chi connectivity index (χ0v) is 13.9. The molecule has 1 atom stereocenters. The number of aryl methyl sites for hydroxylation is 1. The highest BCUT2D eigenvalue weighted by Gasteiger charge is 2.44. The SMILES string of the molecule is Cc1ccc(-c2ccccc2)c2c1C2N(Cc1cccnc1)C(=O)O. The van der Waals surface area contributed by atoms with Crippen molar-refractivity contribution in [2.75, 3.05) is 0 Å². The molecule has 1 N–H and O–H groups in total. The van der Waals surface area contributed by atoms with Gasteiger partial charge in [-0.1, -0.05) is 48.5 Å². The van der Waals surface area contributed by atoms with E-state index in [0.29, 0.717) is 6.54 Å². The Morgan fingerprint density at radius 3 is 2.56 bits per heavy atom. The molecule has 0 aliphatic heterocycles. The Balaban J connectivity index is 1.71. The van der Waals surface area contributed by atoms with Crippen LogP contribution in [0, 0.1) is 6.92 Å². The van der Waals surface area contributed by atoms with Crippen molar-refractivity contribution in [3.63, 3.8) is 0 Å². The van der Waals surface area contributed by atoms with Gasteiger partial charge in [0.15, 0.2) is 0 Å². The molecule has 3 aromatic rings. The van der Waals surface area contributed by atoms with E-state index in [1.807, 2.05) is 37.3 Å². The first-order valence-electron chi connectivity index (χ1n) is 8.24. The van der Waals surface area contributed by atoms with Gasteiger partial charge in [-0.15, -0.1) is 0 Å². The van der Waals surface area contributed by atoms with E-state index in [0.717, 1.165) is 33.4 Å². The van der Waals surface area contributed by atoms with Gasteiger partial charge in [0, 0.05) is 12.4 Å². The van der Waals surface area contributed by atoms with E-state index in [9.17, 15) is 9.90 Å². The van der Waals surface area contributed by atoms with Crippen LogP contribution >= 0.6 is 0 Å². The Kier molecular flexibility index (Phi) is 3.73. The zero-order chi connectivity index (χ0) is 17.4. The summed E-state index contributed by atoms with van der Waals surface area (Å²) < 4.78 is 0. The predicted octanol–water partition coefficient (Wildman–Crippen LogP) is 4.64. The topological polar surface area (TPSA) is 53.4 Å². The second kappa shape index (κ2) is 6.06. The molecule has 1 aromatic heterocycles. The van der Waals surface area contributed by atoms with Crippen LogP contribution in [0.15, 0.2) is 67.0 Å². The van der Waals surface area contributed by atoms with E-state index in [-0.39, 0.29) is 6.04 Å². The number of benzene rings is 2. The van der Waals surface area contributed by atoms with Crippen LogP contribution in [0.4, 0.5) is 4.79 Å². The van der Waals surface area contributed by atoms with Crippen LogP contribution in [-0.4, -0.2) is 21.1 Å². The summed E-state index contributed by atoms with van der Waals surface area (Å²) in [5, 5.41) is 9.78. The average molecular weight is 330 g/mol. The molecule has 0 fully saturated rings. The Morgan fingerprint density at radius 2 is 1.88 bits per heavy atom. The van der Waals surface area contributed by atoms with Gasteiger partial charge in [0.25, 0.3) is 0 Å². The lowest BCUT2D eigenvalue weighted by Crippen LogP contribution is -2.27. The fourth-order valence-corrected chi connectivity index (χ4v) is 3.46. The Bertz CT molecular complexity index is 923. The highest BCUT2D eigenvalue weighted by atomic mass is 16.4. The third-order valence-corrected chi connectivity index (χ3v) is 4.69. The van der Waals surface area contributed by atoms with Crippen LogP contribution in [0.5, 0.6) is 0 Å². The first-order valence-corrected chi connectivity index (χ1v) is 8.24. The lowest BCUT2D eigenvalue weighted by atomic mass is 10.0. The van der Waals surface area contributed by atoms with Gasteiger partial charge in [-0.2, -0.15) is 0 Å². The smallest absolute Gasteiger partial charge is 0.408 e. The molecule has 1 aliphatic carbocycles. The fourth-order valence-electron chi connectivity index (χ4n) is 3.46. The first kappa shape index (κ1) is 15.4. The minimum absolute atomic E-state index is 0.178. The first-order chi connectivity index (χ1) is 12.2. The van der Waals surface area contributed by atoms with Crippen molar-refractivity contribution in [2.45, 2.75) is 19.5 Å². The molecule has 0 spiro atoms. The van der Waals surface area contributed by atoms with Crippen LogP contribution in [0.1, 0.15) is 28.3 Å². The molecular formula is C21H18N2O2. The van der Waals surface area contributed by atoms with Gasteiger partial charge < -0.3 is 5.11 Å². The number of fused-ring (bicyclic) bond motifs is 1. The monoisotopic (exact) mass is 330 g/mol.